The summed E-state index contributed by atoms with van der Waals surface area (Å²) in [6, 6.07) is 52.6. The molecule has 0 saturated heterocycles. The van der Waals surface area contributed by atoms with E-state index in [2.05, 4.69) is 146 Å². The van der Waals surface area contributed by atoms with Crippen molar-refractivity contribution in [1.29, 1.82) is 0 Å². The molecular formula is C40H24O. The van der Waals surface area contributed by atoms with Gasteiger partial charge in [-0.15, -0.1) is 0 Å². The number of benzene rings is 8. The summed E-state index contributed by atoms with van der Waals surface area (Å²) in [5.74, 6) is 0. The van der Waals surface area contributed by atoms with Crippen molar-refractivity contribution < 1.29 is 4.42 Å². The van der Waals surface area contributed by atoms with Gasteiger partial charge in [-0.25, -0.2) is 0 Å². The zero-order valence-electron chi connectivity index (χ0n) is 22.3. The summed E-state index contributed by atoms with van der Waals surface area (Å²) >= 11 is 0. The van der Waals surface area contributed by atoms with Gasteiger partial charge in [-0.2, -0.15) is 0 Å². The first-order valence-electron chi connectivity index (χ1n) is 14.1. The van der Waals surface area contributed by atoms with E-state index < -0.39 is 0 Å². The lowest BCUT2D eigenvalue weighted by Gasteiger charge is -2.12. The summed E-state index contributed by atoms with van der Waals surface area (Å²) in [6.45, 7) is 0. The van der Waals surface area contributed by atoms with Crippen molar-refractivity contribution in [3.8, 4) is 22.3 Å². The number of hydrogen-bond acceptors (Lipinski definition) is 1. The van der Waals surface area contributed by atoms with Gasteiger partial charge in [0.25, 0.3) is 0 Å². The number of hydrogen-bond donors (Lipinski definition) is 0. The van der Waals surface area contributed by atoms with Gasteiger partial charge in [-0.3, -0.25) is 0 Å². The summed E-state index contributed by atoms with van der Waals surface area (Å²) in [7, 11) is 0. The standard InChI is InChI=1S/C40H24O/c1-2-8-30-27(7-1)18-22-39-40(30)37-24-29(19-21-38(37)41-39)26-15-13-25(14-16-26)28-17-20-35-33-11-4-3-9-31(33)32-10-5-6-12-34(32)36(35)23-28/h1-24H. The minimum Gasteiger partial charge on any atom is -0.456 e. The maximum atomic E-state index is 6.22. The van der Waals surface area contributed by atoms with Crippen LogP contribution in [-0.2, 0) is 0 Å². The van der Waals surface area contributed by atoms with Gasteiger partial charge in [0.2, 0.25) is 0 Å². The molecule has 1 aromatic heterocycles. The van der Waals surface area contributed by atoms with Gasteiger partial charge >= 0.3 is 0 Å². The molecular weight excluding hydrogens is 496 g/mol. The Hall–Kier alpha value is -5.40. The predicted molar refractivity (Wildman–Crippen MR) is 175 cm³/mol. The summed E-state index contributed by atoms with van der Waals surface area (Å²) < 4.78 is 6.22. The van der Waals surface area contributed by atoms with Crippen LogP contribution in [0.15, 0.2) is 150 Å². The molecule has 0 fully saturated rings. The van der Waals surface area contributed by atoms with Crippen LogP contribution in [-0.4, -0.2) is 0 Å². The molecule has 9 aromatic rings. The van der Waals surface area contributed by atoms with E-state index in [4.69, 9.17) is 4.42 Å². The zero-order chi connectivity index (χ0) is 26.9. The molecule has 0 saturated carbocycles. The van der Waals surface area contributed by atoms with Crippen molar-refractivity contribution in [2.45, 2.75) is 0 Å². The van der Waals surface area contributed by atoms with E-state index in [-0.39, 0.29) is 0 Å². The second-order valence-corrected chi connectivity index (χ2v) is 10.9. The number of fused-ring (bicyclic) bond motifs is 11. The number of rotatable bonds is 2. The first kappa shape index (κ1) is 22.4. The summed E-state index contributed by atoms with van der Waals surface area (Å²) in [4.78, 5) is 0. The molecule has 0 spiro atoms. The lowest BCUT2D eigenvalue weighted by Crippen LogP contribution is -1.85. The largest absolute Gasteiger partial charge is 0.456 e. The van der Waals surface area contributed by atoms with Crippen LogP contribution >= 0.6 is 0 Å². The molecule has 0 unspecified atom stereocenters. The van der Waals surface area contributed by atoms with Crippen LogP contribution in [0.25, 0.3) is 87.3 Å². The molecule has 1 heteroatoms. The molecule has 0 atom stereocenters. The normalized spacial score (nSPS) is 11.9. The molecule has 1 heterocycles. The molecule has 0 bridgehead atoms. The van der Waals surface area contributed by atoms with E-state index in [0.717, 1.165) is 16.6 Å². The molecule has 41 heavy (non-hydrogen) atoms. The molecule has 0 amide bonds. The Morgan fingerprint density at radius 3 is 1.41 bits per heavy atom. The van der Waals surface area contributed by atoms with E-state index in [1.807, 2.05) is 0 Å². The third kappa shape index (κ3) is 3.36. The fourth-order valence-corrected chi connectivity index (χ4v) is 6.67. The molecule has 0 aliphatic heterocycles. The lowest BCUT2D eigenvalue weighted by atomic mass is 9.91. The Bertz CT molecular complexity index is 2420. The molecule has 8 aromatic carbocycles. The van der Waals surface area contributed by atoms with Crippen LogP contribution in [0.2, 0.25) is 0 Å². The Morgan fingerprint density at radius 2 is 0.756 bits per heavy atom. The highest BCUT2D eigenvalue weighted by Crippen LogP contribution is 2.39. The van der Waals surface area contributed by atoms with E-state index >= 15 is 0 Å². The molecule has 0 N–H and O–H groups in total. The Labute approximate surface area is 236 Å². The Balaban J connectivity index is 1.16. The molecule has 9 rings (SSSR count). The van der Waals surface area contributed by atoms with Crippen molar-refractivity contribution in [3.05, 3.63) is 146 Å². The first-order valence-corrected chi connectivity index (χ1v) is 14.1. The van der Waals surface area contributed by atoms with E-state index in [1.54, 1.807) is 0 Å². The SMILES string of the molecule is c1ccc2c(c1)ccc1oc3ccc(-c4ccc(-c5ccc6c7ccccc7c7ccccc7c6c5)cc4)cc3c12. The van der Waals surface area contributed by atoms with Crippen molar-refractivity contribution in [2.24, 2.45) is 0 Å². The van der Waals surface area contributed by atoms with Crippen molar-refractivity contribution in [2.75, 3.05) is 0 Å². The summed E-state index contributed by atoms with van der Waals surface area (Å²) in [5, 5.41) is 12.6. The van der Waals surface area contributed by atoms with Crippen LogP contribution in [0.3, 0.4) is 0 Å². The predicted octanol–water partition coefficient (Wildman–Crippen LogP) is 11.5. The third-order valence-electron chi connectivity index (χ3n) is 8.66. The van der Waals surface area contributed by atoms with Gasteiger partial charge < -0.3 is 4.42 Å². The maximum absolute atomic E-state index is 6.22. The highest BCUT2D eigenvalue weighted by Gasteiger charge is 2.13. The van der Waals surface area contributed by atoms with Crippen LogP contribution < -0.4 is 0 Å². The second kappa shape index (κ2) is 8.55. The Kier molecular flexibility index (Phi) is 4.67. The highest BCUT2D eigenvalue weighted by atomic mass is 16.3. The van der Waals surface area contributed by atoms with Crippen molar-refractivity contribution >= 4 is 65.0 Å². The van der Waals surface area contributed by atoms with Gasteiger partial charge in [0.05, 0.1) is 0 Å². The Morgan fingerprint density at radius 1 is 0.293 bits per heavy atom. The smallest absolute Gasteiger partial charge is 0.136 e. The van der Waals surface area contributed by atoms with E-state index in [0.29, 0.717) is 0 Å². The second-order valence-electron chi connectivity index (χ2n) is 10.9. The summed E-state index contributed by atoms with van der Waals surface area (Å²) in [5.41, 5.74) is 6.69. The highest BCUT2D eigenvalue weighted by molar-refractivity contribution is 6.25. The van der Waals surface area contributed by atoms with Crippen molar-refractivity contribution in [1.82, 2.24) is 0 Å². The fraction of sp³-hybridized carbons (Fsp3) is 0. The average molecular weight is 521 g/mol. The van der Waals surface area contributed by atoms with Gasteiger partial charge in [0.15, 0.2) is 0 Å². The molecule has 1 nitrogen and oxygen atoms in total. The minimum atomic E-state index is 0.924. The molecule has 0 radical (unpaired) electrons. The zero-order valence-corrected chi connectivity index (χ0v) is 22.3. The van der Waals surface area contributed by atoms with E-state index in [1.165, 1.54) is 70.7 Å². The fourth-order valence-electron chi connectivity index (χ4n) is 6.67. The monoisotopic (exact) mass is 520 g/mol. The van der Waals surface area contributed by atoms with Gasteiger partial charge in [0.1, 0.15) is 11.2 Å². The number of furan rings is 1. The molecule has 0 aliphatic rings. The van der Waals surface area contributed by atoms with Crippen LogP contribution in [0.5, 0.6) is 0 Å². The van der Waals surface area contributed by atoms with Crippen LogP contribution in [0, 0.1) is 0 Å². The third-order valence-corrected chi connectivity index (χ3v) is 8.66. The van der Waals surface area contributed by atoms with Gasteiger partial charge in [-0.05, 0) is 89.6 Å². The van der Waals surface area contributed by atoms with Crippen LogP contribution in [0.1, 0.15) is 0 Å². The molecule has 190 valence electrons. The topological polar surface area (TPSA) is 13.1 Å². The average Bonchev–Trinajstić information content (AvgIpc) is 3.43. The first-order chi connectivity index (χ1) is 20.3. The quantitative estimate of drug-likeness (QED) is 0.207. The van der Waals surface area contributed by atoms with Gasteiger partial charge in [-0.1, -0.05) is 121 Å². The molecule has 0 aliphatic carbocycles. The van der Waals surface area contributed by atoms with Crippen LogP contribution in [0.4, 0.5) is 0 Å². The van der Waals surface area contributed by atoms with Crippen molar-refractivity contribution in [3.63, 3.8) is 0 Å². The van der Waals surface area contributed by atoms with Gasteiger partial charge in [0, 0.05) is 10.8 Å². The maximum Gasteiger partial charge on any atom is 0.136 e. The lowest BCUT2D eigenvalue weighted by molar-refractivity contribution is 0.669. The minimum absolute atomic E-state index is 0.924. The summed E-state index contributed by atoms with van der Waals surface area (Å²) in [6.07, 6.45) is 0. The van der Waals surface area contributed by atoms with E-state index in [9.17, 15) is 0 Å².